The van der Waals surface area contributed by atoms with Crippen LogP contribution in [0.1, 0.15) is 49.8 Å². The average Bonchev–Trinajstić information content (AvgIpc) is 3.04. The SMILES string of the molecule is Cc1ccc(C2=C(Nc3ccc(N4CCCCC4)cc3)C(=O)N(CCOC(C)C)C2=O)c(C)c1. The molecule has 2 amide bonds. The Morgan fingerprint density at radius 3 is 2.29 bits per heavy atom. The molecule has 0 aromatic heterocycles. The van der Waals surface area contributed by atoms with Crippen LogP contribution in [0.5, 0.6) is 0 Å². The van der Waals surface area contributed by atoms with Gasteiger partial charge in [0, 0.05) is 24.5 Å². The third kappa shape index (κ3) is 5.17. The quantitative estimate of drug-likeness (QED) is 0.566. The first-order valence-electron chi connectivity index (χ1n) is 12.3. The summed E-state index contributed by atoms with van der Waals surface area (Å²) in [6, 6.07) is 14.1. The lowest BCUT2D eigenvalue weighted by Gasteiger charge is -2.28. The molecule has 1 N–H and O–H groups in total. The van der Waals surface area contributed by atoms with Crippen LogP contribution in [0.25, 0.3) is 5.57 Å². The van der Waals surface area contributed by atoms with Crippen LogP contribution >= 0.6 is 0 Å². The van der Waals surface area contributed by atoms with E-state index in [0.717, 1.165) is 35.5 Å². The van der Waals surface area contributed by atoms with E-state index in [1.54, 1.807) is 0 Å². The molecule has 0 saturated carbocycles. The molecule has 6 heteroatoms. The number of carbonyl (C=O) groups is 2. The first-order chi connectivity index (χ1) is 16.3. The summed E-state index contributed by atoms with van der Waals surface area (Å²) in [5.74, 6) is -0.593. The zero-order chi connectivity index (χ0) is 24.2. The molecule has 2 aliphatic heterocycles. The minimum atomic E-state index is -0.313. The molecule has 0 atom stereocenters. The van der Waals surface area contributed by atoms with Gasteiger partial charge in [-0.25, -0.2) is 0 Å². The molecular formula is C28H35N3O3. The van der Waals surface area contributed by atoms with Gasteiger partial charge in [0.25, 0.3) is 11.8 Å². The van der Waals surface area contributed by atoms with Crippen LogP contribution in [0, 0.1) is 13.8 Å². The lowest BCUT2D eigenvalue weighted by atomic mass is 9.97. The van der Waals surface area contributed by atoms with Gasteiger partial charge in [-0.1, -0.05) is 23.8 Å². The highest BCUT2D eigenvalue weighted by Gasteiger charge is 2.39. The Balaban J connectivity index is 1.63. The highest BCUT2D eigenvalue weighted by atomic mass is 16.5. The van der Waals surface area contributed by atoms with Crippen molar-refractivity contribution in [1.29, 1.82) is 0 Å². The van der Waals surface area contributed by atoms with Crippen molar-refractivity contribution >= 4 is 28.8 Å². The second kappa shape index (κ2) is 10.4. The van der Waals surface area contributed by atoms with Crippen LogP contribution < -0.4 is 10.2 Å². The molecule has 34 heavy (non-hydrogen) atoms. The summed E-state index contributed by atoms with van der Waals surface area (Å²) < 4.78 is 5.62. The van der Waals surface area contributed by atoms with Crippen molar-refractivity contribution in [2.75, 3.05) is 36.5 Å². The van der Waals surface area contributed by atoms with Gasteiger partial charge in [0.15, 0.2) is 0 Å². The second-order valence-corrected chi connectivity index (χ2v) is 9.47. The Labute approximate surface area is 202 Å². The average molecular weight is 462 g/mol. The van der Waals surface area contributed by atoms with E-state index in [0.29, 0.717) is 17.9 Å². The van der Waals surface area contributed by atoms with Gasteiger partial charge in [-0.3, -0.25) is 14.5 Å². The number of carbonyl (C=O) groups excluding carboxylic acids is 2. The Kier molecular flexibility index (Phi) is 7.37. The maximum absolute atomic E-state index is 13.4. The molecule has 4 rings (SSSR count). The lowest BCUT2D eigenvalue weighted by molar-refractivity contribution is -0.137. The lowest BCUT2D eigenvalue weighted by Crippen LogP contribution is -2.35. The Hall–Kier alpha value is -3.12. The van der Waals surface area contributed by atoms with Crippen LogP contribution in [-0.4, -0.2) is 49.1 Å². The number of piperidine rings is 1. The first kappa shape index (κ1) is 24.0. The van der Waals surface area contributed by atoms with Crippen molar-refractivity contribution in [1.82, 2.24) is 4.90 Å². The van der Waals surface area contributed by atoms with Crippen molar-refractivity contribution in [3.63, 3.8) is 0 Å². The Bertz CT molecular complexity index is 1080. The molecule has 2 aromatic rings. The number of anilines is 2. The number of benzene rings is 2. The number of rotatable bonds is 8. The number of nitrogens with zero attached hydrogens (tertiary/aromatic N) is 2. The third-order valence-electron chi connectivity index (χ3n) is 6.44. The van der Waals surface area contributed by atoms with Crippen molar-refractivity contribution in [3.8, 4) is 0 Å². The Morgan fingerprint density at radius 2 is 1.65 bits per heavy atom. The first-order valence-corrected chi connectivity index (χ1v) is 12.3. The van der Waals surface area contributed by atoms with Gasteiger partial charge in [-0.2, -0.15) is 0 Å². The van der Waals surface area contributed by atoms with E-state index in [4.69, 9.17) is 4.74 Å². The van der Waals surface area contributed by atoms with Crippen molar-refractivity contribution in [3.05, 3.63) is 64.9 Å². The fourth-order valence-electron chi connectivity index (χ4n) is 4.67. The summed E-state index contributed by atoms with van der Waals surface area (Å²) in [7, 11) is 0. The maximum atomic E-state index is 13.4. The van der Waals surface area contributed by atoms with E-state index >= 15 is 0 Å². The van der Waals surface area contributed by atoms with Crippen LogP contribution in [0.2, 0.25) is 0 Å². The van der Waals surface area contributed by atoms with E-state index in [1.807, 2.05) is 58.0 Å². The molecule has 0 bridgehead atoms. The van der Waals surface area contributed by atoms with Gasteiger partial charge in [-0.15, -0.1) is 0 Å². The molecule has 0 radical (unpaired) electrons. The fraction of sp³-hybridized carbons (Fsp3) is 0.429. The van der Waals surface area contributed by atoms with Crippen LogP contribution in [-0.2, 0) is 14.3 Å². The maximum Gasteiger partial charge on any atom is 0.278 e. The second-order valence-electron chi connectivity index (χ2n) is 9.47. The van der Waals surface area contributed by atoms with E-state index in [1.165, 1.54) is 29.8 Å². The summed E-state index contributed by atoms with van der Waals surface area (Å²) in [5.41, 5.74) is 5.59. The molecule has 1 fully saturated rings. The minimum Gasteiger partial charge on any atom is -0.377 e. The molecule has 0 aliphatic carbocycles. The Morgan fingerprint density at radius 1 is 0.941 bits per heavy atom. The normalized spacial score (nSPS) is 16.7. The van der Waals surface area contributed by atoms with E-state index in [-0.39, 0.29) is 24.5 Å². The van der Waals surface area contributed by atoms with Gasteiger partial charge in [0.2, 0.25) is 0 Å². The number of aryl methyl sites for hydroxylation is 2. The van der Waals surface area contributed by atoms with Gasteiger partial charge in [0.05, 0.1) is 24.8 Å². The summed E-state index contributed by atoms with van der Waals surface area (Å²) in [6.07, 6.45) is 3.77. The zero-order valence-corrected chi connectivity index (χ0v) is 20.7. The van der Waals surface area contributed by atoms with E-state index in [9.17, 15) is 9.59 Å². The van der Waals surface area contributed by atoms with Gasteiger partial charge < -0.3 is 15.0 Å². The van der Waals surface area contributed by atoms with Gasteiger partial charge in [0.1, 0.15) is 5.70 Å². The molecular weight excluding hydrogens is 426 g/mol. The fourth-order valence-corrected chi connectivity index (χ4v) is 4.67. The molecule has 2 heterocycles. The number of amides is 2. The van der Waals surface area contributed by atoms with E-state index < -0.39 is 0 Å². The number of hydrogen-bond donors (Lipinski definition) is 1. The molecule has 1 saturated heterocycles. The third-order valence-corrected chi connectivity index (χ3v) is 6.44. The smallest absolute Gasteiger partial charge is 0.278 e. The molecule has 180 valence electrons. The van der Waals surface area contributed by atoms with Crippen LogP contribution in [0.15, 0.2) is 48.2 Å². The molecule has 0 unspecified atom stereocenters. The number of imide groups is 1. The van der Waals surface area contributed by atoms with E-state index in [2.05, 4.69) is 22.3 Å². The van der Waals surface area contributed by atoms with Gasteiger partial charge in [-0.05, 0) is 82.3 Å². The summed E-state index contributed by atoms with van der Waals surface area (Å²) in [6.45, 7) is 10.6. The van der Waals surface area contributed by atoms with Gasteiger partial charge >= 0.3 is 0 Å². The van der Waals surface area contributed by atoms with Crippen LogP contribution in [0.4, 0.5) is 11.4 Å². The number of hydrogen-bond acceptors (Lipinski definition) is 5. The summed E-state index contributed by atoms with van der Waals surface area (Å²) >= 11 is 0. The summed E-state index contributed by atoms with van der Waals surface area (Å²) in [4.78, 5) is 30.5. The molecule has 0 spiro atoms. The van der Waals surface area contributed by atoms with Crippen LogP contribution in [0.3, 0.4) is 0 Å². The molecule has 6 nitrogen and oxygen atoms in total. The predicted molar refractivity (Wildman–Crippen MR) is 137 cm³/mol. The number of nitrogens with one attached hydrogen (secondary N) is 1. The predicted octanol–water partition coefficient (Wildman–Crippen LogP) is 4.91. The number of ether oxygens (including phenoxy) is 1. The van der Waals surface area contributed by atoms with Crippen molar-refractivity contribution in [2.45, 2.75) is 53.1 Å². The van der Waals surface area contributed by atoms with Crippen molar-refractivity contribution < 1.29 is 14.3 Å². The molecule has 2 aromatic carbocycles. The monoisotopic (exact) mass is 461 g/mol. The topological polar surface area (TPSA) is 61.9 Å². The van der Waals surface area contributed by atoms with Crippen molar-refractivity contribution in [2.24, 2.45) is 0 Å². The minimum absolute atomic E-state index is 0.0376. The summed E-state index contributed by atoms with van der Waals surface area (Å²) in [5, 5.41) is 3.28. The largest absolute Gasteiger partial charge is 0.377 e. The standard InChI is InChI=1S/C28H35N3O3/c1-19(2)34-17-16-31-27(32)25(24-13-8-20(3)18-21(24)4)26(28(31)33)29-22-9-11-23(12-10-22)30-14-6-5-7-15-30/h8-13,18-19,29H,5-7,14-17H2,1-4H3. The highest BCUT2D eigenvalue weighted by Crippen LogP contribution is 2.33. The zero-order valence-electron chi connectivity index (χ0n) is 20.7. The highest BCUT2D eigenvalue weighted by molar-refractivity contribution is 6.36. The molecule has 2 aliphatic rings.